The number of carbonyl (C=O) groups is 2. The number of aromatic nitrogens is 2. The van der Waals surface area contributed by atoms with Crippen LogP contribution in [-0.2, 0) is 18.9 Å². The molecule has 14 heteroatoms. The van der Waals surface area contributed by atoms with Crippen LogP contribution in [0.5, 0.6) is 0 Å². The SMILES string of the molecule is COC(=O)c1cc(Br)cnc1N1CC2(CCOCC2)C1.COC(=O)c1cc(C2CC2)cnc1N1CC2(CCOCC2)C1.OB(O)C1CC1. The van der Waals surface area contributed by atoms with Gasteiger partial charge in [0.15, 0.2) is 0 Å². The molecule has 0 bridgehead atoms. The fraction of sp³-hybridized carbons (Fsp3) is 0.647. The zero-order valence-corrected chi connectivity index (χ0v) is 29.5. The van der Waals surface area contributed by atoms with E-state index in [1.54, 1.807) is 12.3 Å². The summed E-state index contributed by atoms with van der Waals surface area (Å²) in [6.07, 6.45) is 12.5. The third-order valence-electron chi connectivity index (χ3n) is 10.4. The number of carbonyl (C=O) groups excluding carboxylic acids is 2. The molecule has 2 saturated carbocycles. The van der Waals surface area contributed by atoms with Gasteiger partial charge in [0, 0.05) is 80.3 Å². The van der Waals surface area contributed by atoms with E-state index < -0.39 is 7.12 Å². The van der Waals surface area contributed by atoms with Crippen molar-refractivity contribution in [1.82, 2.24) is 9.97 Å². The highest BCUT2D eigenvalue weighted by Gasteiger charge is 2.46. The number of anilines is 2. The smallest absolute Gasteiger partial charge is 0.454 e. The van der Waals surface area contributed by atoms with E-state index in [9.17, 15) is 9.59 Å². The Balaban J connectivity index is 0.000000143. The fourth-order valence-electron chi connectivity index (χ4n) is 7.03. The van der Waals surface area contributed by atoms with Gasteiger partial charge in [0.2, 0.25) is 0 Å². The Morgan fingerprint density at radius 1 is 0.792 bits per heavy atom. The summed E-state index contributed by atoms with van der Waals surface area (Å²) in [7, 11) is 1.79. The van der Waals surface area contributed by atoms with Crippen molar-refractivity contribution in [3.05, 3.63) is 45.7 Å². The van der Waals surface area contributed by atoms with Crippen molar-refractivity contribution in [2.75, 3.05) is 76.6 Å². The van der Waals surface area contributed by atoms with Crippen LogP contribution in [-0.4, -0.2) is 106 Å². The molecule has 2 N–H and O–H groups in total. The van der Waals surface area contributed by atoms with Crippen LogP contribution in [0, 0.1) is 10.8 Å². The monoisotopic (exact) mass is 728 g/mol. The quantitative estimate of drug-likeness (QED) is 0.325. The van der Waals surface area contributed by atoms with Crippen molar-refractivity contribution >= 4 is 46.6 Å². The minimum Gasteiger partial charge on any atom is -0.465 e. The van der Waals surface area contributed by atoms with E-state index in [-0.39, 0.29) is 17.8 Å². The Morgan fingerprint density at radius 2 is 1.25 bits per heavy atom. The average Bonchev–Trinajstić information content (AvgIpc) is 4.00. The number of hydrogen-bond acceptors (Lipinski definition) is 12. The summed E-state index contributed by atoms with van der Waals surface area (Å²) < 4.78 is 21.5. The maximum absolute atomic E-state index is 12.1. The van der Waals surface area contributed by atoms with Gasteiger partial charge in [-0.2, -0.15) is 0 Å². The average molecular weight is 729 g/mol. The second-order valence-corrected chi connectivity index (χ2v) is 15.0. The molecule has 2 aromatic heterocycles. The van der Waals surface area contributed by atoms with Crippen LogP contribution in [0.2, 0.25) is 5.82 Å². The molecular weight excluding hydrogens is 683 g/mol. The minimum absolute atomic E-state index is 0.213. The summed E-state index contributed by atoms with van der Waals surface area (Å²) in [6.45, 7) is 7.20. The molecule has 0 unspecified atom stereocenters. The van der Waals surface area contributed by atoms with Gasteiger partial charge in [0.1, 0.15) is 22.8 Å². The van der Waals surface area contributed by atoms with Crippen LogP contribution in [0.4, 0.5) is 11.6 Å². The van der Waals surface area contributed by atoms with Crippen molar-refractivity contribution in [2.45, 2.75) is 63.1 Å². The lowest BCUT2D eigenvalue weighted by Crippen LogP contribution is -2.59. The number of hydrogen-bond donors (Lipinski definition) is 2. The van der Waals surface area contributed by atoms with Crippen LogP contribution in [0.25, 0.3) is 0 Å². The zero-order valence-electron chi connectivity index (χ0n) is 27.9. The van der Waals surface area contributed by atoms with E-state index >= 15 is 0 Å². The van der Waals surface area contributed by atoms with Gasteiger partial charge in [0.25, 0.3) is 0 Å². The molecule has 2 spiro atoms. The Hall–Kier alpha value is -2.78. The van der Waals surface area contributed by atoms with Crippen LogP contribution < -0.4 is 9.80 Å². The third kappa shape index (κ3) is 8.15. The summed E-state index contributed by atoms with van der Waals surface area (Å²) in [6, 6.07) is 3.75. The van der Waals surface area contributed by atoms with E-state index in [2.05, 4.69) is 35.7 Å². The van der Waals surface area contributed by atoms with Crippen molar-refractivity contribution in [3.63, 3.8) is 0 Å². The maximum atomic E-state index is 12.1. The van der Waals surface area contributed by atoms with Crippen molar-refractivity contribution in [3.8, 4) is 0 Å². The summed E-state index contributed by atoms with van der Waals surface area (Å²) in [5, 5.41) is 16.5. The summed E-state index contributed by atoms with van der Waals surface area (Å²) in [5.74, 6) is 1.68. The number of ether oxygens (including phenoxy) is 4. The predicted molar refractivity (Wildman–Crippen MR) is 183 cm³/mol. The fourth-order valence-corrected chi connectivity index (χ4v) is 7.36. The van der Waals surface area contributed by atoms with Gasteiger partial charge in [-0.05, 0) is 83.9 Å². The second-order valence-electron chi connectivity index (χ2n) is 14.1. The number of halogens is 1. The lowest BCUT2D eigenvalue weighted by molar-refractivity contribution is -0.000715. The predicted octanol–water partition coefficient (Wildman–Crippen LogP) is 4.23. The Labute approximate surface area is 290 Å². The van der Waals surface area contributed by atoms with E-state index in [4.69, 9.17) is 29.0 Å². The number of pyridine rings is 2. The first kappa shape index (κ1) is 35.1. The maximum Gasteiger partial charge on any atom is 0.454 e. The number of esters is 2. The van der Waals surface area contributed by atoms with E-state index in [0.717, 1.165) is 107 Å². The van der Waals surface area contributed by atoms with Gasteiger partial charge < -0.3 is 38.8 Å². The standard InChI is InChI=1S/C17H22N2O3.C14H17BrN2O3.C3H7BO2/c1-21-16(20)14-8-13(12-2-3-12)9-18-15(14)19-10-17(11-19)4-6-22-7-5-17;1-19-13(18)11-6-10(15)7-16-12(11)17-8-14(9-17)2-4-20-5-3-14;5-4(6)3-1-2-3/h8-9,12H,2-7,10-11H2,1H3;6-7H,2-5,8-9H2,1H3;3,5-6H,1-2H2. The van der Waals surface area contributed by atoms with Crippen LogP contribution >= 0.6 is 15.9 Å². The van der Waals surface area contributed by atoms with Gasteiger partial charge in [-0.1, -0.05) is 12.8 Å². The first-order valence-corrected chi connectivity index (χ1v) is 17.8. The molecule has 260 valence electrons. The summed E-state index contributed by atoms with van der Waals surface area (Å²) >= 11 is 3.35. The first-order valence-electron chi connectivity index (χ1n) is 17.0. The molecule has 2 aliphatic carbocycles. The lowest BCUT2D eigenvalue weighted by atomic mass is 9.73. The molecule has 6 aliphatic rings. The molecule has 8 rings (SSSR count). The van der Waals surface area contributed by atoms with Crippen molar-refractivity contribution in [2.24, 2.45) is 10.8 Å². The van der Waals surface area contributed by atoms with E-state index in [1.807, 2.05) is 12.3 Å². The van der Waals surface area contributed by atoms with Crippen molar-refractivity contribution in [1.29, 1.82) is 0 Å². The van der Waals surface area contributed by atoms with Crippen LogP contribution in [0.3, 0.4) is 0 Å². The lowest BCUT2D eigenvalue weighted by Gasteiger charge is -2.53. The molecule has 4 saturated heterocycles. The van der Waals surface area contributed by atoms with Gasteiger partial charge in [-0.15, -0.1) is 0 Å². The Bertz CT molecular complexity index is 1440. The Morgan fingerprint density at radius 3 is 1.65 bits per heavy atom. The molecular formula is C34H46BBrN4O8. The highest BCUT2D eigenvalue weighted by atomic mass is 79.9. The molecule has 0 amide bonds. The van der Waals surface area contributed by atoms with E-state index in [1.165, 1.54) is 32.6 Å². The van der Waals surface area contributed by atoms with Gasteiger partial charge in [0.05, 0.1) is 14.2 Å². The number of methoxy groups -OCH3 is 2. The van der Waals surface area contributed by atoms with Crippen LogP contribution in [0.15, 0.2) is 29.0 Å². The minimum atomic E-state index is -1.04. The number of rotatable bonds is 6. The first-order chi connectivity index (χ1) is 23.1. The van der Waals surface area contributed by atoms with E-state index in [0.29, 0.717) is 27.9 Å². The third-order valence-corrected chi connectivity index (χ3v) is 10.9. The molecule has 4 aliphatic heterocycles. The Kier molecular flexibility index (Phi) is 11.0. The van der Waals surface area contributed by atoms with Gasteiger partial charge in [-0.25, -0.2) is 19.6 Å². The van der Waals surface area contributed by atoms with Gasteiger partial charge in [-0.3, -0.25) is 0 Å². The zero-order chi connectivity index (χ0) is 33.9. The van der Waals surface area contributed by atoms with Crippen molar-refractivity contribution < 1.29 is 38.6 Å². The highest BCUT2D eigenvalue weighted by Crippen LogP contribution is 2.45. The molecule has 0 radical (unpaired) electrons. The molecule has 12 nitrogen and oxygen atoms in total. The molecule has 0 aromatic carbocycles. The van der Waals surface area contributed by atoms with Crippen LogP contribution in [0.1, 0.15) is 83.6 Å². The summed E-state index contributed by atoms with van der Waals surface area (Å²) in [5.41, 5.74) is 3.02. The summed E-state index contributed by atoms with van der Waals surface area (Å²) in [4.78, 5) is 37.4. The van der Waals surface area contributed by atoms with Gasteiger partial charge >= 0.3 is 19.1 Å². The normalized spacial score (nSPS) is 21.9. The largest absolute Gasteiger partial charge is 0.465 e. The molecule has 6 heterocycles. The molecule has 2 aromatic rings. The highest BCUT2D eigenvalue weighted by molar-refractivity contribution is 9.10. The molecule has 6 fully saturated rings. The molecule has 0 atom stereocenters. The second kappa shape index (κ2) is 15.0. The number of nitrogens with zero attached hydrogens (tertiary/aromatic N) is 4. The topological polar surface area (TPSA) is 144 Å². The molecule has 48 heavy (non-hydrogen) atoms.